The summed E-state index contributed by atoms with van der Waals surface area (Å²) in [4.78, 5) is 0. The highest BCUT2D eigenvalue weighted by Gasteiger charge is 2.01. The Labute approximate surface area is 98.7 Å². The zero-order chi connectivity index (χ0) is 11.8. The number of hydrogen-bond donors (Lipinski definition) is 2. The molecule has 2 nitrogen and oxygen atoms in total. The number of unbranched alkanes of at least 4 members (excludes halogenated alkanes) is 2. The van der Waals surface area contributed by atoms with Crippen LogP contribution in [-0.4, -0.2) is 11.1 Å². The molecule has 0 fully saturated rings. The van der Waals surface area contributed by atoms with Crippen molar-refractivity contribution < 1.29 is 5.11 Å². The van der Waals surface area contributed by atoms with Gasteiger partial charge in [0.15, 0.2) is 0 Å². The third-order valence-electron chi connectivity index (χ3n) is 2.79. The van der Waals surface area contributed by atoms with Crippen LogP contribution in [0.15, 0.2) is 24.3 Å². The molecular formula is C14H23NO. The van der Waals surface area contributed by atoms with Crippen molar-refractivity contribution in [2.24, 2.45) is 0 Å². The molecule has 0 aliphatic heterocycles. The highest BCUT2D eigenvalue weighted by atomic mass is 16.3. The molecule has 0 aliphatic carbocycles. The van der Waals surface area contributed by atoms with Crippen molar-refractivity contribution >= 4 is 5.69 Å². The summed E-state index contributed by atoms with van der Waals surface area (Å²) in [6.45, 7) is 4.56. The van der Waals surface area contributed by atoms with Gasteiger partial charge in [-0.1, -0.05) is 38.3 Å². The predicted octanol–water partition coefficient (Wildman–Crippen LogP) is 3.56. The van der Waals surface area contributed by atoms with E-state index in [1.54, 1.807) is 0 Å². The standard InChI is InChI=1S/C14H23NO/c1-3-4-5-6-12(2)15-14-9-7-13(11-16)8-10-14/h7-10,12,15-16H,3-6,11H2,1-2H3. The second-order valence-corrected chi connectivity index (χ2v) is 4.40. The van der Waals surface area contributed by atoms with Crippen LogP contribution in [0.2, 0.25) is 0 Å². The number of aliphatic hydroxyl groups excluding tert-OH is 1. The quantitative estimate of drug-likeness (QED) is 0.690. The summed E-state index contributed by atoms with van der Waals surface area (Å²) < 4.78 is 0. The Kier molecular flexibility index (Phi) is 5.94. The van der Waals surface area contributed by atoms with E-state index in [2.05, 4.69) is 19.2 Å². The molecule has 0 radical (unpaired) electrons. The Hall–Kier alpha value is -1.02. The fourth-order valence-corrected chi connectivity index (χ4v) is 1.76. The lowest BCUT2D eigenvalue weighted by Crippen LogP contribution is -2.14. The first-order chi connectivity index (χ1) is 7.76. The van der Waals surface area contributed by atoms with E-state index in [4.69, 9.17) is 5.11 Å². The number of aliphatic hydroxyl groups is 1. The summed E-state index contributed by atoms with van der Waals surface area (Å²) in [5.41, 5.74) is 2.10. The lowest BCUT2D eigenvalue weighted by molar-refractivity contribution is 0.282. The molecular weight excluding hydrogens is 198 g/mol. The van der Waals surface area contributed by atoms with Crippen molar-refractivity contribution in [2.75, 3.05) is 5.32 Å². The van der Waals surface area contributed by atoms with Gasteiger partial charge in [0, 0.05) is 11.7 Å². The van der Waals surface area contributed by atoms with Crippen LogP contribution in [0.5, 0.6) is 0 Å². The van der Waals surface area contributed by atoms with Gasteiger partial charge in [0.1, 0.15) is 0 Å². The minimum atomic E-state index is 0.117. The molecule has 1 unspecified atom stereocenters. The van der Waals surface area contributed by atoms with Crippen molar-refractivity contribution in [3.8, 4) is 0 Å². The van der Waals surface area contributed by atoms with E-state index in [1.165, 1.54) is 25.7 Å². The third-order valence-corrected chi connectivity index (χ3v) is 2.79. The van der Waals surface area contributed by atoms with Crippen LogP contribution in [0.1, 0.15) is 45.1 Å². The smallest absolute Gasteiger partial charge is 0.0681 e. The van der Waals surface area contributed by atoms with E-state index in [-0.39, 0.29) is 6.61 Å². The normalized spacial score (nSPS) is 12.4. The number of benzene rings is 1. The maximum atomic E-state index is 8.93. The largest absolute Gasteiger partial charge is 0.392 e. The fourth-order valence-electron chi connectivity index (χ4n) is 1.76. The monoisotopic (exact) mass is 221 g/mol. The van der Waals surface area contributed by atoms with E-state index in [9.17, 15) is 0 Å². The van der Waals surface area contributed by atoms with Crippen LogP contribution in [0, 0.1) is 0 Å². The van der Waals surface area contributed by atoms with Crippen molar-refractivity contribution in [3.63, 3.8) is 0 Å². The fraction of sp³-hybridized carbons (Fsp3) is 0.571. The second-order valence-electron chi connectivity index (χ2n) is 4.40. The molecule has 90 valence electrons. The molecule has 0 amide bonds. The van der Waals surface area contributed by atoms with Crippen LogP contribution in [0.4, 0.5) is 5.69 Å². The van der Waals surface area contributed by atoms with Gasteiger partial charge in [-0.3, -0.25) is 0 Å². The number of nitrogens with one attached hydrogen (secondary N) is 1. The molecule has 1 rings (SSSR count). The number of anilines is 1. The summed E-state index contributed by atoms with van der Waals surface area (Å²) in [7, 11) is 0. The summed E-state index contributed by atoms with van der Waals surface area (Å²) in [6, 6.07) is 8.50. The predicted molar refractivity (Wildman–Crippen MR) is 69.6 cm³/mol. The van der Waals surface area contributed by atoms with Gasteiger partial charge in [-0.2, -0.15) is 0 Å². The van der Waals surface area contributed by atoms with Gasteiger partial charge >= 0.3 is 0 Å². The van der Waals surface area contributed by atoms with Crippen molar-refractivity contribution in [1.82, 2.24) is 0 Å². The summed E-state index contributed by atoms with van der Waals surface area (Å²) in [5, 5.41) is 12.4. The zero-order valence-corrected chi connectivity index (χ0v) is 10.4. The molecule has 0 heterocycles. The van der Waals surface area contributed by atoms with E-state index >= 15 is 0 Å². The number of hydrogen-bond acceptors (Lipinski definition) is 2. The van der Waals surface area contributed by atoms with Crippen molar-refractivity contribution in [2.45, 2.75) is 52.2 Å². The van der Waals surface area contributed by atoms with Gasteiger partial charge in [-0.05, 0) is 31.0 Å². The molecule has 1 atom stereocenters. The first-order valence-corrected chi connectivity index (χ1v) is 6.22. The van der Waals surface area contributed by atoms with Crippen LogP contribution in [0.25, 0.3) is 0 Å². The summed E-state index contributed by atoms with van der Waals surface area (Å²) in [5.74, 6) is 0. The van der Waals surface area contributed by atoms with Crippen LogP contribution in [-0.2, 0) is 6.61 Å². The molecule has 0 spiro atoms. The minimum absolute atomic E-state index is 0.117. The highest BCUT2D eigenvalue weighted by molar-refractivity contribution is 5.45. The van der Waals surface area contributed by atoms with E-state index in [0.29, 0.717) is 6.04 Å². The first-order valence-electron chi connectivity index (χ1n) is 6.22. The molecule has 0 saturated heterocycles. The van der Waals surface area contributed by atoms with Crippen LogP contribution >= 0.6 is 0 Å². The molecule has 0 saturated carbocycles. The minimum Gasteiger partial charge on any atom is -0.392 e. The second kappa shape index (κ2) is 7.29. The van der Waals surface area contributed by atoms with Gasteiger partial charge in [0.2, 0.25) is 0 Å². The SMILES string of the molecule is CCCCCC(C)Nc1ccc(CO)cc1. The molecule has 1 aromatic rings. The molecule has 16 heavy (non-hydrogen) atoms. The highest BCUT2D eigenvalue weighted by Crippen LogP contribution is 2.13. The molecule has 0 bridgehead atoms. The Morgan fingerprint density at radius 3 is 2.44 bits per heavy atom. The average Bonchev–Trinajstić information content (AvgIpc) is 2.30. The van der Waals surface area contributed by atoms with Gasteiger partial charge in [-0.15, -0.1) is 0 Å². The average molecular weight is 221 g/mol. The third kappa shape index (κ3) is 4.67. The summed E-state index contributed by atoms with van der Waals surface area (Å²) in [6.07, 6.45) is 5.10. The molecule has 1 aromatic carbocycles. The maximum absolute atomic E-state index is 8.93. The van der Waals surface area contributed by atoms with Crippen molar-refractivity contribution in [3.05, 3.63) is 29.8 Å². The summed E-state index contributed by atoms with van der Waals surface area (Å²) >= 11 is 0. The van der Waals surface area contributed by atoms with Gasteiger partial charge in [-0.25, -0.2) is 0 Å². The number of rotatable bonds is 7. The van der Waals surface area contributed by atoms with E-state index in [0.717, 1.165) is 11.3 Å². The molecule has 0 aromatic heterocycles. The maximum Gasteiger partial charge on any atom is 0.0681 e. The van der Waals surface area contributed by atoms with Gasteiger partial charge in [0.05, 0.1) is 6.61 Å². The van der Waals surface area contributed by atoms with E-state index < -0.39 is 0 Å². The molecule has 2 heteroatoms. The Bertz CT molecular complexity index is 281. The molecule has 0 aliphatic rings. The zero-order valence-electron chi connectivity index (χ0n) is 10.4. The molecule has 2 N–H and O–H groups in total. The van der Waals surface area contributed by atoms with E-state index in [1.807, 2.05) is 24.3 Å². The Balaban J connectivity index is 2.34. The topological polar surface area (TPSA) is 32.3 Å². The van der Waals surface area contributed by atoms with Gasteiger partial charge in [0.25, 0.3) is 0 Å². The van der Waals surface area contributed by atoms with Crippen LogP contribution < -0.4 is 5.32 Å². The van der Waals surface area contributed by atoms with Gasteiger partial charge < -0.3 is 10.4 Å². The Morgan fingerprint density at radius 1 is 1.19 bits per heavy atom. The lowest BCUT2D eigenvalue weighted by Gasteiger charge is -2.15. The lowest BCUT2D eigenvalue weighted by atomic mass is 10.1. The van der Waals surface area contributed by atoms with Crippen LogP contribution in [0.3, 0.4) is 0 Å². The Morgan fingerprint density at radius 2 is 1.88 bits per heavy atom. The van der Waals surface area contributed by atoms with Crippen molar-refractivity contribution in [1.29, 1.82) is 0 Å². The first kappa shape index (κ1) is 13.0.